The van der Waals surface area contributed by atoms with Gasteiger partial charge in [0.05, 0.1) is 40.8 Å². The zero-order chi connectivity index (χ0) is 32.6. The lowest BCUT2D eigenvalue weighted by Crippen LogP contribution is -2.36. The number of likely N-dealkylation sites (tertiary alicyclic amines) is 2. The van der Waals surface area contributed by atoms with Crippen molar-refractivity contribution in [3.05, 3.63) is 71.4 Å². The molecule has 2 atom stereocenters. The van der Waals surface area contributed by atoms with Crippen LogP contribution in [-0.2, 0) is 9.47 Å². The molecule has 0 bridgehead atoms. The smallest absolute Gasteiger partial charge is 0.410 e. The van der Waals surface area contributed by atoms with Gasteiger partial charge in [0.2, 0.25) is 0 Å². The van der Waals surface area contributed by atoms with Gasteiger partial charge in [0.1, 0.15) is 17.0 Å². The number of carbonyl (C=O) groups is 2. The first kappa shape index (κ1) is 31.2. The Morgan fingerprint density at radius 3 is 2.15 bits per heavy atom. The Labute approximate surface area is 269 Å². The molecule has 4 aromatic rings. The fourth-order valence-electron chi connectivity index (χ4n) is 6.14. The summed E-state index contributed by atoms with van der Waals surface area (Å²) >= 11 is 0. The predicted molar refractivity (Wildman–Crippen MR) is 176 cm³/mol. The van der Waals surface area contributed by atoms with Gasteiger partial charge in [-0.3, -0.25) is 9.80 Å². The van der Waals surface area contributed by atoms with Crippen LogP contribution >= 0.6 is 0 Å². The van der Waals surface area contributed by atoms with Gasteiger partial charge in [-0.15, -0.1) is 0 Å². The summed E-state index contributed by atoms with van der Waals surface area (Å²) in [5.41, 5.74) is 4.94. The first-order valence-electron chi connectivity index (χ1n) is 16.0. The number of ether oxygens (including phenoxy) is 2. The van der Waals surface area contributed by atoms with E-state index < -0.39 is 11.2 Å². The van der Waals surface area contributed by atoms with E-state index >= 15 is 0 Å². The number of nitrogens with zero attached hydrogens (tertiary/aromatic N) is 4. The zero-order valence-corrected chi connectivity index (χ0v) is 27.4. The highest BCUT2D eigenvalue weighted by Gasteiger charge is 2.36. The molecule has 0 aliphatic carbocycles. The van der Waals surface area contributed by atoms with Gasteiger partial charge in [0, 0.05) is 29.8 Å². The fourth-order valence-corrected chi connectivity index (χ4v) is 6.14. The standard InChI is InChI=1S/C36H42N6O4/c1-35(2,3)45-33(43)41-18-8-12-28(41)31-30(37-22-38-31)25-11-7-10-23(20-25)14-15-24-16-17-26-27(21-24)40-32(39-26)29-13-9-19-42(29)34(44)46-36(4,5)6/h7,10-11,16-17,20-22,28-29H,8-9,12-13,18-19H2,1-6H3,(H,37,38)(H,39,40)/t28-,29-/m0/s1. The van der Waals surface area contributed by atoms with Gasteiger partial charge in [-0.1, -0.05) is 24.0 Å². The van der Waals surface area contributed by atoms with Crippen molar-refractivity contribution in [1.82, 2.24) is 29.7 Å². The molecule has 2 aromatic carbocycles. The van der Waals surface area contributed by atoms with Crippen LogP contribution in [0.4, 0.5) is 9.59 Å². The minimum absolute atomic E-state index is 0.131. The maximum atomic E-state index is 12.9. The molecule has 0 radical (unpaired) electrons. The number of nitrogens with one attached hydrogen (secondary N) is 2. The maximum Gasteiger partial charge on any atom is 0.410 e. The summed E-state index contributed by atoms with van der Waals surface area (Å²) in [6, 6.07) is 13.6. The lowest BCUT2D eigenvalue weighted by molar-refractivity contribution is 0.0210. The summed E-state index contributed by atoms with van der Waals surface area (Å²) in [4.78, 5) is 45.5. The highest BCUT2D eigenvalue weighted by Crippen LogP contribution is 2.37. The van der Waals surface area contributed by atoms with E-state index in [2.05, 4.69) is 26.8 Å². The predicted octanol–water partition coefficient (Wildman–Crippen LogP) is 7.50. The number of H-pyrrole nitrogens is 2. The number of rotatable bonds is 3. The third kappa shape index (κ3) is 6.89. The number of aromatic amines is 2. The molecule has 2 aliphatic rings. The van der Waals surface area contributed by atoms with Crippen LogP contribution in [0.2, 0.25) is 0 Å². The number of hydrogen-bond acceptors (Lipinski definition) is 6. The van der Waals surface area contributed by atoms with E-state index in [0.717, 1.165) is 70.6 Å². The fraction of sp³-hybridized carbons (Fsp3) is 0.444. The van der Waals surface area contributed by atoms with Gasteiger partial charge in [0.25, 0.3) is 0 Å². The van der Waals surface area contributed by atoms with Crippen LogP contribution in [0.3, 0.4) is 0 Å². The summed E-state index contributed by atoms with van der Waals surface area (Å²) in [5.74, 6) is 7.35. The molecule has 0 unspecified atom stereocenters. The van der Waals surface area contributed by atoms with Gasteiger partial charge in [-0.25, -0.2) is 19.6 Å². The molecule has 2 amide bonds. The highest BCUT2D eigenvalue weighted by molar-refractivity contribution is 5.78. The Morgan fingerprint density at radius 1 is 0.848 bits per heavy atom. The minimum atomic E-state index is -0.558. The van der Waals surface area contributed by atoms with Crippen molar-refractivity contribution in [3.63, 3.8) is 0 Å². The second kappa shape index (κ2) is 12.2. The van der Waals surface area contributed by atoms with Crippen LogP contribution in [-0.4, -0.2) is 66.2 Å². The minimum Gasteiger partial charge on any atom is -0.444 e. The third-order valence-electron chi connectivity index (χ3n) is 8.07. The molecular weight excluding hydrogens is 580 g/mol. The van der Waals surface area contributed by atoms with Gasteiger partial charge >= 0.3 is 12.2 Å². The van der Waals surface area contributed by atoms with Gasteiger partial charge in [-0.2, -0.15) is 0 Å². The number of benzene rings is 2. The topological polar surface area (TPSA) is 116 Å². The van der Waals surface area contributed by atoms with E-state index in [1.807, 2.05) is 84.0 Å². The molecular formula is C36H42N6O4. The molecule has 2 saturated heterocycles. The van der Waals surface area contributed by atoms with Crippen molar-refractivity contribution in [2.24, 2.45) is 0 Å². The molecule has 2 N–H and O–H groups in total. The normalized spacial score (nSPS) is 18.5. The molecule has 2 aromatic heterocycles. The average Bonchev–Trinajstić information content (AvgIpc) is 3.79. The van der Waals surface area contributed by atoms with E-state index in [4.69, 9.17) is 14.5 Å². The quantitative estimate of drug-likeness (QED) is 0.229. The molecule has 0 saturated carbocycles. The molecule has 240 valence electrons. The summed E-state index contributed by atoms with van der Waals surface area (Å²) in [6.45, 7) is 12.6. The van der Waals surface area contributed by atoms with Gasteiger partial charge < -0.3 is 19.4 Å². The zero-order valence-electron chi connectivity index (χ0n) is 27.4. The van der Waals surface area contributed by atoms with E-state index in [-0.39, 0.29) is 24.3 Å². The second-order valence-corrected chi connectivity index (χ2v) is 14.0. The first-order chi connectivity index (χ1) is 21.8. The van der Waals surface area contributed by atoms with Gasteiger partial charge in [0.15, 0.2) is 0 Å². The van der Waals surface area contributed by atoms with E-state index in [9.17, 15) is 9.59 Å². The summed E-state index contributed by atoms with van der Waals surface area (Å²) in [6.07, 6.45) is 4.54. The number of fused-ring (bicyclic) bond motifs is 1. The summed E-state index contributed by atoms with van der Waals surface area (Å²) in [7, 11) is 0. The van der Waals surface area contributed by atoms with Crippen LogP contribution in [0.15, 0.2) is 48.8 Å². The number of amides is 2. The SMILES string of the molecule is CC(C)(C)OC(=O)N1CCC[C@H]1c1nc2ccc(C#Cc3cccc(-c4nc[nH]c4[C@@H]4CCCN4C(=O)OC(C)(C)C)c3)cc2[nH]1. The molecule has 2 aliphatic heterocycles. The Bertz CT molecular complexity index is 1820. The van der Waals surface area contributed by atoms with Crippen LogP contribution in [0, 0.1) is 11.8 Å². The Kier molecular flexibility index (Phi) is 8.28. The third-order valence-corrected chi connectivity index (χ3v) is 8.07. The average molecular weight is 623 g/mol. The van der Waals surface area contributed by atoms with Crippen LogP contribution in [0.5, 0.6) is 0 Å². The van der Waals surface area contributed by atoms with E-state index in [0.29, 0.717) is 13.1 Å². The van der Waals surface area contributed by atoms with Crippen molar-refractivity contribution in [3.8, 4) is 23.1 Å². The molecule has 4 heterocycles. The van der Waals surface area contributed by atoms with Crippen molar-refractivity contribution in [2.45, 2.75) is 90.5 Å². The van der Waals surface area contributed by atoms with Crippen LogP contribution in [0.1, 0.15) is 102 Å². The molecule has 6 rings (SSSR count). The first-order valence-corrected chi connectivity index (χ1v) is 16.0. The Morgan fingerprint density at radius 2 is 1.48 bits per heavy atom. The van der Waals surface area contributed by atoms with Crippen molar-refractivity contribution >= 4 is 23.2 Å². The second-order valence-electron chi connectivity index (χ2n) is 14.0. The summed E-state index contributed by atoms with van der Waals surface area (Å²) < 4.78 is 11.3. The van der Waals surface area contributed by atoms with Crippen molar-refractivity contribution < 1.29 is 19.1 Å². The Hall–Kier alpha value is -4.78. The van der Waals surface area contributed by atoms with E-state index in [1.165, 1.54) is 0 Å². The van der Waals surface area contributed by atoms with Crippen molar-refractivity contribution in [1.29, 1.82) is 0 Å². The van der Waals surface area contributed by atoms with Gasteiger partial charge in [-0.05, 0) is 97.6 Å². The molecule has 2 fully saturated rings. The highest BCUT2D eigenvalue weighted by atomic mass is 16.6. The summed E-state index contributed by atoms with van der Waals surface area (Å²) in [5, 5.41) is 0. The molecule has 10 heteroatoms. The van der Waals surface area contributed by atoms with E-state index in [1.54, 1.807) is 16.1 Å². The lowest BCUT2D eigenvalue weighted by atomic mass is 10.0. The maximum absolute atomic E-state index is 12.9. The molecule has 10 nitrogen and oxygen atoms in total. The number of hydrogen-bond donors (Lipinski definition) is 2. The lowest BCUT2D eigenvalue weighted by Gasteiger charge is -2.28. The molecule has 0 spiro atoms. The van der Waals surface area contributed by atoms with Crippen LogP contribution in [0.25, 0.3) is 22.3 Å². The number of imidazole rings is 2. The number of aromatic nitrogens is 4. The van der Waals surface area contributed by atoms with Crippen molar-refractivity contribution in [2.75, 3.05) is 13.1 Å². The molecule has 46 heavy (non-hydrogen) atoms. The largest absolute Gasteiger partial charge is 0.444 e. The van der Waals surface area contributed by atoms with Crippen LogP contribution < -0.4 is 0 Å². The Balaban J connectivity index is 1.20. The number of carbonyl (C=O) groups excluding carboxylic acids is 2. The monoisotopic (exact) mass is 622 g/mol.